The summed E-state index contributed by atoms with van der Waals surface area (Å²) in [6.45, 7) is 7.26. The smallest absolute Gasteiger partial charge is 0.305 e. The Balaban J connectivity index is 1.64. The molecular formula is C23H32O5. The number of carbonyl (C=O) groups excluding carboxylic acids is 3. The summed E-state index contributed by atoms with van der Waals surface area (Å²) >= 11 is 0. The van der Waals surface area contributed by atoms with Crippen molar-refractivity contribution < 1.29 is 23.9 Å². The third-order valence-corrected chi connectivity index (χ3v) is 8.48. The van der Waals surface area contributed by atoms with E-state index in [1.165, 1.54) is 19.4 Å². The van der Waals surface area contributed by atoms with Crippen LogP contribution in [0.25, 0.3) is 0 Å². The average molecular weight is 389 g/mol. The molecule has 4 aliphatic rings. The van der Waals surface area contributed by atoms with Gasteiger partial charge in [-0.25, -0.2) is 0 Å². The van der Waals surface area contributed by atoms with Gasteiger partial charge in [-0.15, -0.1) is 0 Å². The number of hydrogen-bond acceptors (Lipinski definition) is 5. The van der Waals surface area contributed by atoms with Crippen molar-refractivity contribution in [1.82, 2.24) is 0 Å². The Labute approximate surface area is 167 Å². The van der Waals surface area contributed by atoms with Gasteiger partial charge in [0.2, 0.25) is 0 Å². The van der Waals surface area contributed by atoms with Gasteiger partial charge in [-0.05, 0) is 55.3 Å². The average Bonchev–Trinajstić information content (AvgIpc) is 2.90. The molecule has 5 nitrogen and oxygen atoms in total. The molecule has 4 rings (SSSR count). The van der Waals surface area contributed by atoms with E-state index in [4.69, 9.17) is 9.47 Å². The predicted octanol–water partition coefficient (Wildman–Crippen LogP) is 4.34. The Kier molecular flexibility index (Phi) is 4.51. The minimum Gasteiger partial charge on any atom is -0.422 e. The molecule has 0 amide bonds. The van der Waals surface area contributed by atoms with E-state index in [1.54, 1.807) is 0 Å². The van der Waals surface area contributed by atoms with Crippen molar-refractivity contribution in [2.24, 2.45) is 28.6 Å². The fraction of sp³-hybridized carbons (Fsp3) is 0.783. The van der Waals surface area contributed by atoms with E-state index < -0.39 is 17.7 Å². The molecule has 0 aromatic heterocycles. The highest BCUT2D eigenvalue weighted by atomic mass is 16.7. The van der Waals surface area contributed by atoms with Gasteiger partial charge in [0.05, 0.1) is 0 Å². The molecule has 0 N–H and O–H groups in total. The number of Topliss-reactive ketones (excluding diaryl/α,β-unsaturated/α-hetero) is 1. The van der Waals surface area contributed by atoms with Gasteiger partial charge in [0.25, 0.3) is 5.79 Å². The minimum atomic E-state index is -1.16. The number of ether oxygens (including phenoxy) is 2. The number of ketones is 1. The molecule has 0 heterocycles. The maximum absolute atomic E-state index is 12.5. The lowest BCUT2D eigenvalue weighted by molar-refractivity contribution is -0.238. The molecule has 0 spiro atoms. The first kappa shape index (κ1) is 19.7. The van der Waals surface area contributed by atoms with Crippen LogP contribution in [-0.4, -0.2) is 23.5 Å². The number of rotatable bonds is 2. The van der Waals surface area contributed by atoms with Gasteiger partial charge < -0.3 is 9.47 Å². The fourth-order valence-corrected chi connectivity index (χ4v) is 7.10. The summed E-state index contributed by atoms with van der Waals surface area (Å²) in [6, 6.07) is 0. The lowest BCUT2D eigenvalue weighted by Gasteiger charge is -2.57. The lowest BCUT2D eigenvalue weighted by Crippen LogP contribution is -2.53. The molecule has 28 heavy (non-hydrogen) atoms. The molecule has 0 aromatic rings. The Bertz CT molecular complexity index is 736. The summed E-state index contributed by atoms with van der Waals surface area (Å²) < 4.78 is 11.1. The summed E-state index contributed by atoms with van der Waals surface area (Å²) in [6.07, 6.45) is 8.93. The quantitative estimate of drug-likeness (QED) is 0.400. The molecule has 0 unspecified atom stereocenters. The minimum absolute atomic E-state index is 0.0275. The molecule has 0 aromatic carbocycles. The predicted molar refractivity (Wildman–Crippen MR) is 103 cm³/mol. The molecule has 154 valence electrons. The van der Waals surface area contributed by atoms with Crippen molar-refractivity contribution in [3.05, 3.63) is 11.6 Å². The van der Waals surface area contributed by atoms with Crippen molar-refractivity contribution in [2.45, 2.75) is 84.8 Å². The molecule has 0 saturated heterocycles. The SMILES string of the molecule is CC(=O)OC1(OC(C)=O)CC[C@@]2(C)C(=CC[C@@H]3[C@@H]2CC[C@]2(C)C(=O)CC[C@@H]32)C1. The van der Waals surface area contributed by atoms with Crippen molar-refractivity contribution in [3.63, 3.8) is 0 Å². The second kappa shape index (κ2) is 6.43. The van der Waals surface area contributed by atoms with Crippen molar-refractivity contribution in [3.8, 4) is 0 Å². The second-order valence-electron chi connectivity index (χ2n) is 9.95. The van der Waals surface area contributed by atoms with Crippen LogP contribution in [0.5, 0.6) is 0 Å². The monoisotopic (exact) mass is 388 g/mol. The van der Waals surface area contributed by atoms with E-state index in [1.807, 2.05) is 0 Å². The molecule has 4 aliphatic carbocycles. The van der Waals surface area contributed by atoms with Gasteiger partial charge in [-0.1, -0.05) is 25.5 Å². The largest absolute Gasteiger partial charge is 0.422 e. The first-order chi connectivity index (χ1) is 13.1. The Hall–Kier alpha value is -1.65. The number of fused-ring (bicyclic) bond motifs is 5. The summed E-state index contributed by atoms with van der Waals surface area (Å²) in [4.78, 5) is 35.9. The van der Waals surface area contributed by atoms with Gasteiger partial charge in [-0.3, -0.25) is 14.4 Å². The van der Waals surface area contributed by atoms with Crippen molar-refractivity contribution in [1.29, 1.82) is 0 Å². The van der Waals surface area contributed by atoms with E-state index >= 15 is 0 Å². The molecule has 3 saturated carbocycles. The zero-order chi connectivity index (χ0) is 20.3. The van der Waals surface area contributed by atoms with Crippen LogP contribution in [0.2, 0.25) is 0 Å². The molecule has 3 fully saturated rings. The Morgan fingerprint density at radius 1 is 0.964 bits per heavy atom. The first-order valence-corrected chi connectivity index (χ1v) is 10.7. The topological polar surface area (TPSA) is 69.7 Å². The normalized spacial score (nSPS) is 41.2. The Morgan fingerprint density at radius 2 is 1.61 bits per heavy atom. The summed E-state index contributed by atoms with van der Waals surface area (Å²) in [5, 5.41) is 0. The van der Waals surface area contributed by atoms with Gasteiger partial charge in [-0.2, -0.15) is 0 Å². The standard InChI is InChI=1S/C23H32O5/c1-14(24)27-23(28-15(2)25)12-11-21(3)16(13-23)5-6-17-18-7-8-20(26)22(18,4)10-9-19(17)21/h5,17-19H,6-13H2,1-4H3/t17-,18-,19-,21-,22-/m0/s1. The lowest BCUT2D eigenvalue weighted by atomic mass is 9.48. The summed E-state index contributed by atoms with van der Waals surface area (Å²) in [5.74, 6) is 0.0416. The van der Waals surface area contributed by atoms with Crippen molar-refractivity contribution in [2.75, 3.05) is 0 Å². The zero-order valence-corrected chi connectivity index (χ0v) is 17.5. The molecule has 0 bridgehead atoms. The van der Waals surface area contributed by atoms with Crippen LogP contribution in [0.15, 0.2) is 11.6 Å². The van der Waals surface area contributed by atoms with Gasteiger partial charge in [0.15, 0.2) is 0 Å². The van der Waals surface area contributed by atoms with E-state index in [9.17, 15) is 14.4 Å². The number of allylic oxidation sites excluding steroid dienone is 1. The van der Waals surface area contributed by atoms with Gasteiger partial charge in [0.1, 0.15) is 5.78 Å². The van der Waals surface area contributed by atoms with Crippen LogP contribution in [0.4, 0.5) is 0 Å². The number of esters is 2. The molecule has 5 heteroatoms. The summed E-state index contributed by atoms with van der Waals surface area (Å²) in [5.41, 5.74) is 1.16. The van der Waals surface area contributed by atoms with E-state index in [2.05, 4.69) is 19.9 Å². The van der Waals surface area contributed by atoms with E-state index in [0.717, 1.165) is 38.5 Å². The van der Waals surface area contributed by atoms with Crippen LogP contribution < -0.4 is 0 Å². The highest BCUT2D eigenvalue weighted by Crippen LogP contribution is 2.65. The van der Waals surface area contributed by atoms with Crippen LogP contribution in [-0.2, 0) is 23.9 Å². The fourth-order valence-electron chi connectivity index (χ4n) is 7.10. The summed E-state index contributed by atoms with van der Waals surface area (Å²) in [7, 11) is 0. The molecular weight excluding hydrogens is 356 g/mol. The maximum atomic E-state index is 12.5. The maximum Gasteiger partial charge on any atom is 0.305 e. The second-order valence-corrected chi connectivity index (χ2v) is 9.95. The van der Waals surface area contributed by atoms with Crippen LogP contribution in [0.1, 0.15) is 79.1 Å². The first-order valence-electron chi connectivity index (χ1n) is 10.7. The Morgan fingerprint density at radius 3 is 2.25 bits per heavy atom. The molecule has 0 aliphatic heterocycles. The van der Waals surface area contributed by atoms with E-state index in [-0.39, 0.29) is 10.8 Å². The van der Waals surface area contributed by atoms with Gasteiger partial charge >= 0.3 is 11.9 Å². The van der Waals surface area contributed by atoms with Crippen molar-refractivity contribution >= 4 is 17.7 Å². The number of carbonyl (C=O) groups is 3. The zero-order valence-electron chi connectivity index (χ0n) is 17.5. The van der Waals surface area contributed by atoms with E-state index in [0.29, 0.717) is 36.4 Å². The van der Waals surface area contributed by atoms with Crippen LogP contribution in [0, 0.1) is 28.6 Å². The molecule has 5 atom stereocenters. The highest BCUT2D eigenvalue weighted by Gasteiger charge is 2.60. The van der Waals surface area contributed by atoms with Crippen LogP contribution in [0.3, 0.4) is 0 Å². The highest BCUT2D eigenvalue weighted by molar-refractivity contribution is 5.87. The molecule has 0 radical (unpaired) electrons. The number of hydrogen-bond donors (Lipinski definition) is 0. The third-order valence-electron chi connectivity index (χ3n) is 8.48. The van der Waals surface area contributed by atoms with Gasteiger partial charge in [0, 0.05) is 38.5 Å². The van der Waals surface area contributed by atoms with Crippen LogP contribution >= 0.6 is 0 Å². The third kappa shape index (κ3) is 2.84.